The molecular weight excluding hydrogens is 212 g/mol. The molecule has 84 valence electrons. The van der Waals surface area contributed by atoms with Gasteiger partial charge in [0.1, 0.15) is 12.4 Å². The fourth-order valence-electron chi connectivity index (χ4n) is 1.12. The molecule has 1 aromatic rings. The van der Waals surface area contributed by atoms with Crippen LogP contribution in [0.5, 0.6) is 5.75 Å². The molecule has 0 spiro atoms. The first-order chi connectivity index (χ1) is 7.33. The Balaban J connectivity index is 2.07. The van der Waals surface area contributed by atoms with Gasteiger partial charge in [-0.1, -0.05) is 11.6 Å². The Bertz CT molecular complexity index is 264. The second-order valence-corrected chi connectivity index (χ2v) is 3.63. The highest BCUT2D eigenvalue weighted by molar-refractivity contribution is 6.30. The highest BCUT2D eigenvalue weighted by Crippen LogP contribution is 2.14. The lowest BCUT2D eigenvalue weighted by atomic mass is 10.3. The molecule has 3 N–H and O–H groups in total. The van der Waals surface area contributed by atoms with Crippen molar-refractivity contribution in [1.29, 1.82) is 0 Å². The van der Waals surface area contributed by atoms with E-state index in [1.807, 2.05) is 24.3 Å². The summed E-state index contributed by atoms with van der Waals surface area (Å²) in [6, 6.07) is 7.36. The SMILES string of the molecule is NCCCNCCOc1ccc(Cl)cc1. The van der Waals surface area contributed by atoms with Gasteiger partial charge in [0.2, 0.25) is 0 Å². The van der Waals surface area contributed by atoms with Crippen LogP contribution in [0.25, 0.3) is 0 Å². The lowest BCUT2D eigenvalue weighted by molar-refractivity contribution is 0.314. The summed E-state index contributed by atoms with van der Waals surface area (Å²) in [4.78, 5) is 0. The summed E-state index contributed by atoms with van der Waals surface area (Å²) >= 11 is 5.75. The van der Waals surface area contributed by atoms with E-state index < -0.39 is 0 Å². The molecule has 0 bridgehead atoms. The molecular formula is C11H17ClN2O. The van der Waals surface area contributed by atoms with Gasteiger partial charge in [0, 0.05) is 11.6 Å². The molecule has 0 aliphatic carbocycles. The lowest BCUT2D eigenvalue weighted by Gasteiger charge is -2.06. The topological polar surface area (TPSA) is 47.3 Å². The fraction of sp³-hybridized carbons (Fsp3) is 0.455. The summed E-state index contributed by atoms with van der Waals surface area (Å²) in [5.74, 6) is 0.847. The van der Waals surface area contributed by atoms with Crippen molar-refractivity contribution in [1.82, 2.24) is 5.32 Å². The van der Waals surface area contributed by atoms with Gasteiger partial charge in [-0.15, -0.1) is 0 Å². The van der Waals surface area contributed by atoms with E-state index in [1.54, 1.807) is 0 Å². The smallest absolute Gasteiger partial charge is 0.119 e. The van der Waals surface area contributed by atoms with Crippen molar-refractivity contribution in [3.8, 4) is 5.75 Å². The Morgan fingerprint density at radius 3 is 2.60 bits per heavy atom. The minimum Gasteiger partial charge on any atom is -0.492 e. The zero-order valence-electron chi connectivity index (χ0n) is 8.71. The van der Waals surface area contributed by atoms with E-state index in [4.69, 9.17) is 22.1 Å². The van der Waals surface area contributed by atoms with Crippen LogP contribution in [0.2, 0.25) is 5.02 Å². The van der Waals surface area contributed by atoms with Gasteiger partial charge in [-0.2, -0.15) is 0 Å². The van der Waals surface area contributed by atoms with Gasteiger partial charge in [0.25, 0.3) is 0 Å². The number of ether oxygens (including phenoxy) is 1. The van der Waals surface area contributed by atoms with Crippen LogP contribution in [0.4, 0.5) is 0 Å². The number of hydrogen-bond acceptors (Lipinski definition) is 3. The van der Waals surface area contributed by atoms with E-state index in [0.29, 0.717) is 6.61 Å². The first-order valence-corrected chi connectivity index (χ1v) is 5.50. The molecule has 0 saturated heterocycles. The van der Waals surface area contributed by atoms with Crippen molar-refractivity contribution in [2.75, 3.05) is 26.2 Å². The molecule has 0 unspecified atom stereocenters. The number of rotatable bonds is 7. The zero-order chi connectivity index (χ0) is 10.9. The van der Waals surface area contributed by atoms with Crippen molar-refractivity contribution < 1.29 is 4.74 Å². The lowest BCUT2D eigenvalue weighted by Crippen LogP contribution is -2.23. The van der Waals surface area contributed by atoms with Crippen LogP contribution < -0.4 is 15.8 Å². The third-order valence-electron chi connectivity index (χ3n) is 1.92. The Morgan fingerprint density at radius 2 is 1.93 bits per heavy atom. The number of benzene rings is 1. The van der Waals surface area contributed by atoms with Gasteiger partial charge in [-0.05, 0) is 43.8 Å². The predicted molar refractivity (Wildman–Crippen MR) is 63.5 cm³/mol. The van der Waals surface area contributed by atoms with Crippen LogP contribution >= 0.6 is 11.6 Å². The average Bonchev–Trinajstić information content (AvgIpc) is 2.26. The molecule has 0 radical (unpaired) electrons. The van der Waals surface area contributed by atoms with Crippen LogP contribution in [0, 0.1) is 0 Å². The third kappa shape index (κ3) is 5.62. The summed E-state index contributed by atoms with van der Waals surface area (Å²) < 4.78 is 5.49. The monoisotopic (exact) mass is 228 g/mol. The van der Waals surface area contributed by atoms with Crippen LogP contribution in [0.3, 0.4) is 0 Å². The molecule has 4 heteroatoms. The highest BCUT2D eigenvalue weighted by atomic mass is 35.5. The molecule has 1 rings (SSSR count). The van der Waals surface area contributed by atoms with E-state index >= 15 is 0 Å². The first kappa shape index (κ1) is 12.3. The van der Waals surface area contributed by atoms with Crippen LogP contribution in [-0.4, -0.2) is 26.2 Å². The minimum atomic E-state index is 0.659. The number of hydrogen-bond donors (Lipinski definition) is 2. The summed E-state index contributed by atoms with van der Waals surface area (Å²) in [5.41, 5.74) is 5.36. The molecule has 3 nitrogen and oxygen atoms in total. The van der Waals surface area contributed by atoms with Crippen LogP contribution in [0.15, 0.2) is 24.3 Å². The van der Waals surface area contributed by atoms with Crippen molar-refractivity contribution in [3.63, 3.8) is 0 Å². The van der Waals surface area contributed by atoms with E-state index in [1.165, 1.54) is 0 Å². The maximum Gasteiger partial charge on any atom is 0.119 e. The second-order valence-electron chi connectivity index (χ2n) is 3.19. The fourth-order valence-corrected chi connectivity index (χ4v) is 1.25. The van der Waals surface area contributed by atoms with Gasteiger partial charge in [-0.25, -0.2) is 0 Å². The number of nitrogens with two attached hydrogens (primary N) is 1. The summed E-state index contributed by atoms with van der Waals surface area (Å²) in [5, 5.41) is 3.96. The highest BCUT2D eigenvalue weighted by Gasteiger charge is 1.93. The third-order valence-corrected chi connectivity index (χ3v) is 2.17. The van der Waals surface area contributed by atoms with E-state index in [-0.39, 0.29) is 0 Å². The van der Waals surface area contributed by atoms with Crippen molar-refractivity contribution >= 4 is 11.6 Å². The Hall–Kier alpha value is -0.770. The van der Waals surface area contributed by atoms with E-state index in [2.05, 4.69) is 5.32 Å². The minimum absolute atomic E-state index is 0.659. The summed E-state index contributed by atoms with van der Waals surface area (Å²) in [6.45, 7) is 3.17. The maximum absolute atomic E-state index is 5.75. The normalized spacial score (nSPS) is 10.3. The van der Waals surface area contributed by atoms with Crippen molar-refractivity contribution in [2.24, 2.45) is 5.73 Å². The molecule has 0 atom stereocenters. The predicted octanol–water partition coefficient (Wildman–Crippen LogP) is 1.66. The Morgan fingerprint density at radius 1 is 1.20 bits per heavy atom. The molecule has 0 saturated carbocycles. The molecule has 0 aromatic heterocycles. The first-order valence-electron chi connectivity index (χ1n) is 5.12. The van der Waals surface area contributed by atoms with Crippen molar-refractivity contribution in [3.05, 3.63) is 29.3 Å². The Labute approximate surface area is 95.6 Å². The Kier molecular flexibility index (Phi) is 6.16. The van der Waals surface area contributed by atoms with Gasteiger partial charge in [-0.3, -0.25) is 0 Å². The quantitative estimate of drug-likeness (QED) is 0.698. The standard InChI is InChI=1S/C11H17ClN2O/c12-10-2-4-11(5-3-10)15-9-8-14-7-1-6-13/h2-5,14H,1,6-9,13H2. The van der Waals surface area contributed by atoms with Crippen LogP contribution in [0.1, 0.15) is 6.42 Å². The van der Waals surface area contributed by atoms with Crippen LogP contribution in [-0.2, 0) is 0 Å². The molecule has 0 aliphatic rings. The van der Waals surface area contributed by atoms with E-state index in [9.17, 15) is 0 Å². The van der Waals surface area contributed by atoms with Gasteiger partial charge < -0.3 is 15.8 Å². The molecule has 0 amide bonds. The summed E-state index contributed by atoms with van der Waals surface area (Å²) in [7, 11) is 0. The van der Waals surface area contributed by atoms with Gasteiger partial charge >= 0.3 is 0 Å². The zero-order valence-corrected chi connectivity index (χ0v) is 9.46. The summed E-state index contributed by atoms with van der Waals surface area (Å²) in [6.07, 6.45) is 1.00. The molecule has 1 aromatic carbocycles. The molecule has 15 heavy (non-hydrogen) atoms. The molecule has 0 fully saturated rings. The van der Waals surface area contributed by atoms with E-state index in [0.717, 1.165) is 36.8 Å². The number of halogens is 1. The van der Waals surface area contributed by atoms with Gasteiger partial charge in [0.05, 0.1) is 0 Å². The maximum atomic E-state index is 5.75. The average molecular weight is 229 g/mol. The molecule has 0 heterocycles. The number of nitrogens with one attached hydrogen (secondary N) is 1. The van der Waals surface area contributed by atoms with Gasteiger partial charge in [0.15, 0.2) is 0 Å². The second kappa shape index (κ2) is 7.51. The molecule has 0 aliphatic heterocycles. The van der Waals surface area contributed by atoms with Crippen molar-refractivity contribution in [2.45, 2.75) is 6.42 Å². The largest absolute Gasteiger partial charge is 0.492 e.